The Balaban J connectivity index is 1.32. The number of rotatable bonds is 3. The van der Waals surface area contributed by atoms with Crippen LogP contribution in [0.3, 0.4) is 0 Å². The molecule has 0 saturated carbocycles. The smallest absolute Gasteiger partial charge is 0.164 e. The second-order valence-corrected chi connectivity index (χ2v) is 14.2. The minimum atomic E-state index is -0.312. The van der Waals surface area contributed by atoms with Gasteiger partial charge in [-0.3, -0.25) is 4.57 Å². The van der Waals surface area contributed by atoms with E-state index < -0.39 is 0 Å². The van der Waals surface area contributed by atoms with E-state index >= 15 is 0 Å². The van der Waals surface area contributed by atoms with E-state index in [4.69, 9.17) is 9.97 Å². The molecule has 3 heterocycles. The summed E-state index contributed by atoms with van der Waals surface area (Å²) in [6, 6.07) is 56.7. The Morgan fingerprint density at radius 3 is 1.90 bits per heavy atom. The highest BCUT2D eigenvalue weighted by Gasteiger charge is 2.39. The van der Waals surface area contributed by atoms with Crippen LogP contribution in [-0.2, 0) is 5.41 Å². The average molecular weight is 653 g/mol. The predicted octanol–water partition coefficient (Wildman–Crippen LogP) is 11.8. The van der Waals surface area contributed by atoms with Gasteiger partial charge in [0.1, 0.15) is 5.69 Å². The zero-order valence-electron chi connectivity index (χ0n) is 28.3. The van der Waals surface area contributed by atoms with Crippen LogP contribution in [0.5, 0.6) is 0 Å². The van der Waals surface area contributed by atoms with Crippen LogP contribution in [0, 0.1) is 0 Å². The van der Waals surface area contributed by atoms with Crippen molar-refractivity contribution in [3.63, 3.8) is 0 Å². The number of para-hydroxylation sites is 3. The summed E-state index contributed by atoms with van der Waals surface area (Å²) >= 11 is 0. The van der Waals surface area contributed by atoms with Crippen LogP contribution in [0.25, 0.3) is 88.4 Å². The minimum absolute atomic E-state index is 0.312. The van der Waals surface area contributed by atoms with E-state index in [1.165, 1.54) is 37.9 Å². The third-order valence-corrected chi connectivity index (χ3v) is 11.0. The van der Waals surface area contributed by atoms with Crippen LogP contribution in [0.1, 0.15) is 25.1 Å². The Bertz CT molecular complexity index is 3050. The fourth-order valence-electron chi connectivity index (χ4n) is 8.70. The number of aromatic nitrogens is 4. The standard InChI is InChI=1S/C47H32N4/c1-47(2)37-23-11-8-20-33(37)43-45(47)49-46(51-38-24-12-9-19-32(38)36-27-29-15-6-7-16-30(29)28-41(36)51)44(48-43)35-22-14-26-40-42(35)34-21-10-13-25-39(34)50(40)31-17-4-3-5-18-31/h3-28H,1-2H3. The summed E-state index contributed by atoms with van der Waals surface area (Å²) in [5, 5.41) is 7.19. The maximum atomic E-state index is 5.77. The highest BCUT2D eigenvalue weighted by Crippen LogP contribution is 2.50. The van der Waals surface area contributed by atoms with E-state index in [1.807, 2.05) is 0 Å². The Morgan fingerprint density at radius 2 is 1.08 bits per heavy atom. The molecule has 0 fully saturated rings. The van der Waals surface area contributed by atoms with Crippen molar-refractivity contribution in [2.75, 3.05) is 0 Å². The lowest BCUT2D eigenvalue weighted by Crippen LogP contribution is -2.18. The van der Waals surface area contributed by atoms with Gasteiger partial charge in [-0.25, -0.2) is 9.97 Å². The maximum absolute atomic E-state index is 5.77. The third-order valence-electron chi connectivity index (χ3n) is 11.0. The van der Waals surface area contributed by atoms with Crippen molar-refractivity contribution < 1.29 is 0 Å². The van der Waals surface area contributed by atoms with E-state index in [0.29, 0.717) is 0 Å². The first-order valence-electron chi connectivity index (χ1n) is 17.6. The van der Waals surface area contributed by atoms with Gasteiger partial charge in [-0.1, -0.05) is 129 Å². The van der Waals surface area contributed by atoms with E-state index in [2.05, 4.69) is 181 Å². The average Bonchev–Trinajstić information content (AvgIpc) is 3.76. The molecular weight excluding hydrogens is 621 g/mol. The first kappa shape index (κ1) is 28.3. The lowest BCUT2D eigenvalue weighted by molar-refractivity contribution is 0.633. The molecule has 11 rings (SSSR count). The molecule has 0 atom stereocenters. The van der Waals surface area contributed by atoms with E-state index in [-0.39, 0.29) is 5.41 Å². The molecule has 4 heteroatoms. The monoisotopic (exact) mass is 652 g/mol. The van der Waals surface area contributed by atoms with Crippen molar-refractivity contribution in [1.29, 1.82) is 0 Å². The molecule has 1 aliphatic carbocycles. The maximum Gasteiger partial charge on any atom is 0.164 e. The number of benzene rings is 7. The lowest BCUT2D eigenvalue weighted by Gasteiger charge is -2.22. The summed E-state index contributed by atoms with van der Waals surface area (Å²) in [4.78, 5) is 11.5. The Labute approximate surface area is 294 Å². The van der Waals surface area contributed by atoms with Crippen LogP contribution in [0.2, 0.25) is 0 Å². The molecule has 7 aromatic carbocycles. The van der Waals surface area contributed by atoms with Crippen molar-refractivity contribution in [3.8, 4) is 34.0 Å². The largest absolute Gasteiger partial charge is 0.309 e. The topological polar surface area (TPSA) is 35.6 Å². The van der Waals surface area contributed by atoms with Gasteiger partial charge in [0.15, 0.2) is 5.82 Å². The molecule has 1 aliphatic rings. The lowest BCUT2D eigenvalue weighted by atomic mass is 9.85. The summed E-state index contributed by atoms with van der Waals surface area (Å²) in [5.74, 6) is 0.847. The zero-order valence-corrected chi connectivity index (χ0v) is 28.3. The summed E-state index contributed by atoms with van der Waals surface area (Å²) in [5.41, 5.74) is 11.7. The van der Waals surface area contributed by atoms with Gasteiger partial charge in [0.2, 0.25) is 0 Å². The number of hydrogen-bond acceptors (Lipinski definition) is 2. The molecule has 10 aromatic rings. The molecule has 4 nitrogen and oxygen atoms in total. The Kier molecular flexibility index (Phi) is 5.70. The fraction of sp³-hybridized carbons (Fsp3) is 0.0638. The second-order valence-electron chi connectivity index (χ2n) is 14.2. The van der Waals surface area contributed by atoms with Crippen molar-refractivity contribution in [2.24, 2.45) is 0 Å². The van der Waals surface area contributed by atoms with Gasteiger partial charge >= 0.3 is 0 Å². The minimum Gasteiger partial charge on any atom is -0.309 e. The molecule has 51 heavy (non-hydrogen) atoms. The van der Waals surface area contributed by atoms with E-state index in [9.17, 15) is 0 Å². The van der Waals surface area contributed by atoms with Crippen LogP contribution in [-0.4, -0.2) is 19.1 Å². The molecule has 0 bridgehead atoms. The molecule has 0 spiro atoms. The summed E-state index contributed by atoms with van der Waals surface area (Å²) in [6.45, 7) is 4.56. The van der Waals surface area contributed by atoms with Crippen LogP contribution in [0.15, 0.2) is 158 Å². The third kappa shape index (κ3) is 3.85. The molecule has 240 valence electrons. The molecule has 0 amide bonds. The SMILES string of the molecule is CC1(C)c2ccccc2-c2nc(-c3cccc4c3c3ccccc3n4-c3ccccc3)c(-n3c4ccccc4c4cc5ccccc5cc43)nc21. The highest BCUT2D eigenvalue weighted by atomic mass is 15.1. The van der Waals surface area contributed by atoms with Crippen LogP contribution < -0.4 is 0 Å². The molecule has 0 radical (unpaired) electrons. The Hall–Kier alpha value is -6.52. The quantitative estimate of drug-likeness (QED) is 0.190. The van der Waals surface area contributed by atoms with Gasteiger partial charge in [0.25, 0.3) is 0 Å². The van der Waals surface area contributed by atoms with E-state index in [0.717, 1.165) is 61.8 Å². The number of nitrogens with zero attached hydrogens (tertiary/aromatic N) is 4. The Morgan fingerprint density at radius 1 is 0.451 bits per heavy atom. The second kappa shape index (κ2) is 10.3. The van der Waals surface area contributed by atoms with Crippen molar-refractivity contribution in [3.05, 3.63) is 169 Å². The molecule has 0 saturated heterocycles. The highest BCUT2D eigenvalue weighted by molar-refractivity contribution is 6.17. The van der Waals surface area contributed by atoms with Gasteiger partial charge < -0.3 is 4.57 Å². The molecule has 0 aliphatic heterocycles. The summed E-state index contributed by atoms with van der Waals surface area (Å²) in [7, 11) is 0. The van der Waals surface area contributed by atoms with Gasteiger partial charge in [-0.05, 0) is 58.8 Å². The number of hydrogen-bond donors (Lipinski definition) is 0. The van der Waals surface area contributed by atoms with Gasteiger partial charge in [-0.15, -0.1) is 0 Å². The van der Waals surface area contributed by atoms with Gasteiger partial charge in [0.05, 0.1) is 33.5 Å². The normalized spacial score (nSPS) is 13.5. The van der Waals surface area contributed by atoms with Gasteiger partial charge in [0, 0.05) is 43.8 Å². The molecule has 0 N–H and O–H groups in total. The predicted molar refractivity (Wildman–Crippen MR) is 211 cm³/mol. The summed E-state index contributed by atoms with van der Waals surface area (Å²) in [6.07, 6.45) is 0. The first-order valence-corrected chi connectivity index (χ1v) is 17.6. The fourth-order valence-corrected chi connectivity index (χ4v) is 8.70. The molecule has 3 aromatic heterocycles. The molecule has 0 unspecified atom stereocenters. The summed E-state index contributed by atoms with van der Waals surface area (Å²) < 4.78 is 4.74. The van der Waals surface area contributed by atoms with E-state index in [1.54, 1.807) is 0 Å². The van der Waals surface area contributed by atoms with Crippen molar-refractivity contribution in [2.45, 2.75) is 19.3 Å². The molecular formula is C47H32N4. The van der Waals surface area contributed by atoms with Crippen molar-refractivity contribution >= 4 is 54.4 Å². The van der Waals surface area contributed by atoms with Crippen LogP contribution >= 0.6 is 0 Å². The van der Waals surface area contributed by atoms with Gasteiger partial charge in [-0.2, -0.15) is 0 Å². The zero-order chi connectivity index (χ0) is 33.8. The first-order chi connectivity index (χ1) is 25.1. The van der Waals surface area contributed by atoms with Crippen molar-refractivity contribution in [1.82, 2.24) is 19.1 Å². The van der Waals surface area contributed by atoms with Crippen LogP contribution in [0.4, 0.5) is 0 Å². The number of fused-ring (bicyclic) bond motifs is 10.